The first-order valence-electron chi connectivity index (χ1n) is 7.25. The van der Waals surface area contributed by atoms with Crippen LogP contribution in [0.2, 0.25) is 5.02 Å². The van der Waals surface area contributed by atoms with E-state index in [9.17, 15) is 4.79 Å². The molecule has 1 aliphatic heterocycles. The first-order valence-corrected chi connectivity index (χ1v) is 7.63. The zero-order chi connectivity index (χ0) is 14.8. The van der Waals surface area contributed by atoms with Crippen LogP contribution in [0.5, 0.6) is 0 Å². The molecule has 0 saturated carbocycles. The molecule has 3 heteroatoms. The van der Waals surface area contributed by atoms with Crippen molar-refractivity contribution in [2.75, 3.05) is 18.0 Å². The molecule has 2 aromatic carbocycles. The third-order valence-corrected chi connectivity index (χ3v) is 4.46. The van der Waals surface area contributed by atoms with Crippen LogP contribution in [0, 0.1) is 0 Å². The average molecular weight is 300 g/mol. The normalized spacial score (nSPS) is 18.0. The summed E-state index contributed by atoms with van der Waals surface area (Å²) in [5, 5.41) is 0.663. The van der Waals surface area contributed by atoms with E-state index in [1.807, 2.05) is 18.2 Å². The maximum Gasteiger partial charge on any atom is 0.159 e. The predicted molar refractivity (Wildman–Crippen MR) is 87.5 cm³/mol. The van der Waals surface area contributed by atoms with E-state index >= 15 is 0 Å². The quantitative estimate of drug-likeness (QED) is 0.776. The van der Waals surface area contributed by atoms with Crippen molar-refractivity contribution in [1.82, 2.24) is 0 Å². The standard InChI is InChI=1S/C18H18ClNO/c1-13(21)15-7-8-18(17(19)11-15)20-10-9-16(12-20)14-5-3-2-4-6-14/h2-8,11,16H,9-10,12H2,1H3. The number of hydrogen-bond acceptors (Lipinski definition) is 2. The second-order valence-corrected chi connectivity index (χ2v) is 5.97. The van der Waals surface area contributed by atoms with E-state index in [0.29, 0.717) is 16.5 Å². The van der Waals surface area contributed by atoms with Crippen LogP contribution in [-0.4, -0.2) is 18.9 Å². The molecule has 1 unspecified atom stereocenters. The van der Waals surface area contributed by atoms with Crippen LogP contribution in [-0.2, 0) is 0 Å². The molecular formula is C18H18ClNO. The fraction of sp³-hybridized carbons (Fsp3) is 0.278. The Labute approximate surface area is 130 Å². The smallest absolute Gasteiger partial charge is 0.159 e. The largest absolute Gasteiger partial charge is 0.370 e. The van der Waals surface area contributed by atoms with Crippen LogP contribution in [0.3, 0.4) is 0 Å². The maximum atomic E-state index is 11.4. The lowest BCUT2D eigenvalue weighted by atomic mass is 9.99. The third kappa shape index (κ3) is 2.96. The van der Waals surface area contributed by atoms with Crippen molar-refractivity contribution in [3.05, 3.63) is 64.7 Å². The van der Waals surface area contributed by atoms with Gasteiger partial charge in [0.2, 0.25) is 0 Å². The van der Waals surface area contributed by atoms with E-state index in [4.69, 9.17) is 11.6 Å². The van der Waals surface area contributed by atoms with Crippen LogP contribution in [0.1, 0.15) is 35.2 Å². The zero-order valence-corrected chi connectivity index (χ0v) is 12.8. The molecule has 0 N–H and O–H groups in total. The highest BCUT2D eigenvalue weighted by Crippen LogP contribution is 2.34. The van der Waals surface area contributed by atoms with Crippen molar-refractivity contribution in [2.45, 2.75) is 19.3 Å². The number of halogens is 1. The molecule has 0 spiro atoms. The van der Waals surface area contributed by atoms with Crippen molar-refractivity contribution in [3.63, 3.8) is 0 Å². The summed E-state index contributed by atoms with van der Waals surface area (Å²) in [6.45, 7) is 3.54. The number of ketones is 1. The fourth-order valence-corrected chi connectivity index (χ4v) is 3.26. The van der Waals surface area contributed by atoms with Crippen LogP contribution >= 0.6 is 11.6 Å². The van der Waals surface area contributed by atoms with E-state index in [-0.39, 0.29) is 5.78 Å². The van der Waals surface area contributed by atoms with E-state index in [1.54, 1.807) is 13.0 Å². The summed E-state index contributed by atoms with van der Waals surface area (Å²) in [6.07, 6.45) is 1.13. The Morgan fingerprint density at radius 3 is 2.62 bits per heavy atom. The van der Waals surface area contributed by atoms with Gasteiger partial charge in [0.25, 0.3) is 0 Å². The Morgan fingerprint density at radius 2 is 1.95 bits per heavy atom. The monoisotopic (exact) mass is 299 g/mol. The molecule has 0 aliphatic carbocycles. The lowest BCUT2D eigenvalue weighted by Gasteiger charge is -2.20. The molecule has 0 bridgehead atoms. The summed E-state index contributed by atoms with van der Waals surface area (Å²) in [4.78, 5) is 13.7. The highest BCUT2D eigenvalue weighted by molar-refractivity contribution is 6.33. The first kappa shape index (κ1) is 14.2. The lowest BCUT2D eigenvalue weighted by Crippen LogP contribution is -2.19. The second-order valence-electron chi connectivity index (χ2n) is 5.56. The number of nitrogens with zero attached hydrogens (tertiary/aromatic N) is 1. The average Bonchev–Trinajstić information content (AvgIpc) is 2.97. The van der Waals surface area contributed by atoms with Crippen molar-refractivity contribution >= 4 is 23.1 Å². The number of benzene rings is 2. The van der Waals surface area contributed by atoms with Gasteiger partial charge in [-0.25, -0.2) is 0 Å². The Hall–Kier alpha value is -1.80. The summed E-state index contributed by atoms with van der Waals surface area (Å²) in [6, 6.07) is 16.2. The molecule has 1 saturated heterocycles. The highest BCUT2D eigenvalue weighted by atomic mass is 35.5. The molecule has 1 fully saturated rings. The molecule has 21 heavy (non-hydrogen) atoms. The van der Waals surface area contributed by atoms with Gasteiger partial charge in [0.1, 0.15) is 0 Å². The van der Waals surface area contributed by atoms with Gasteiger partial charge in [-0.05, 0) is 37.1 Å². The van der Waals surface area contributed by atoms with E-state index in [1.165, 1.54) is 5.56 Å². The topological polar surface area (TPSA) is 20.3 Å². The summed E-state index contributed by atoms with van der Waals surface area (Å²) >= 11 is 6.35. The molecule has 1 heterocycles. The Bertz CT molecular complexity index is 654. The first-order chi connectivity index (χ1) is 10.1. The molecule has 108 valence electrons. The molecular weight excluding hydrogens is 282 g/mol. The van der Waals surface area contributed by atoms with Gasteiger partial charge in [-0.15, -0.1) is 0 Å². The van der Waals surface area contributed by atoms with Gasteiger partial charge in [-0.3, -0.25) is 4.79 Å². The number of carbonyl (C=O) groups is 1. The maximum absolute atomic E-state index is 11.4. The Kier molecular flexibility index (Phi) is 3.98. The van der Waals surface area contributed by atoms with Gasteiger partial charge in [0.05, 0.1) is 10.7 Å². The number of rotatable bonds is 3. The minimum absolute atomic E-state index is 0.0482. The van der Waals surface area contributed by atoms with E-state index in [2.05, 4.69) is 29.2 Å². The molecule has 2 aromatic rings. The summed E-state index contributed by atoms with van der Waals surface area (Å²) in [5.74, 6) is 0.599. The molecule has 0 radical (unpaired) electrons. The minimum atomic E-state index is 0.0482. The molecule has 1 atom stereocenters. The lowest BCUT2D eigenvalue weighted by molar-refractivity contribution is 0.101. The van der Waals surface area contributed by atoms with Gasteiger partial charge >= 0.3 is 0 Å². The van der Waals surface area contributed by atoms with Crippen LogP contribution < -0.4 is 4.90 Å². The molecule has 2 nitrogen and oxygen atoms in total. The number of anilines is 1. The van der Waals surface area contributed by atoms with Gasteiger partial charge < -0.3 is 4.90 Å². The molecule has 1 aliphatic rings. The third-order valence-electron chi connectivity index (χ3n) is 4.15. The predicted octanol–water partition coefficient (Wildman–Crippen LogP) is 4.54. The van der Waals surface area contributed by atoms with Gasteiger partial charge in [-0.1, -0.05) is 41.9 Å². The molecule has 0 amide bonds. The van der Waals surface area contributed by atoms with Gasteiger partial charge in [0, 0.05) is 24.6 Å². The minimum Gasteiger partial charge on any atom is -0.370 e. The second kappa shape index (κ2) is 5.90. The van der Waals surface area contributed by atoms with Crippen molar-refractivity contribution < 1.29 is 4.79 Å². The Balaban J connectivity index is 1.79. The van der Waals surface area contributed by atoms with Crippen molar-refractivity contribution in [2.24, 2.45) is 0 Å². The van der Waals surface area contributed by atoms with Crippen molar-refractivity contribution in [1.29, 1.82) is 0 Å². The SMILES string of the molecule is CC(=O)c1ccc(N2CCC(c3ccccc3)C2)c(Cl)c1. The van der Waals surface area contributed by atoms with E-state index in [0.717, 1.165) is 25.2 Å². The van der Waals surface area contributed by atoms with Crippen LogP contribution in [0.15, 0.2) is 48.5 Å². The number of Topliss-reactive ketones (excluding diaryl/α,β-unsaturated/α-hetero) is 1. The summed E-state index contributed by atoms with van der Waals surface area (Å²) in [7, 11) is 0. The van der Waals surface area contributed by atoms with E-state index < -0.39 is 0 Å². The number of hydrogen-bond donors (Lipinski definition) is 0. The van der Waals surface area contributed by atoms with Gasteiger partial charge in [-0.2, -0.15) is 0 Å². The highest BCUT2D eigenvalue weighted by Gasteiger charge is 2.25. The van der Waals surface area contributed by atoms with Crippen LogP contribution in [0.4, 0.5) is 5.69 Å². The van der Waals surface area contributed by atoms with Crippen LogP contribution in [0.25, 0.3) is 0 Å². The zero-order valence-electron chi connectivity index (χ0n) is 12.1. The van der Waals surface area contributed by atoms with Gasteiger partial charge in [0.15, 0.2) is 5.78 Å². The molecule has 0 aromatic heterocycles. The van der Waals surface area contributed by atoms with Crippen molar-refractivity contribution in [3.8, 4) is 0 Å². The summed E-state index contributed by atoms with van der Waals surface area (Å²) < 4.78 is 0. The fourth-order valence-electron chi connectivity index (χ4n) is 2.96. The summed E-state index contributed by atoms with van der Waals surface area (Å²) in [5.41, 5.74) is 3.08. The molecule has 3 rings (SSSR count). The number of carbonyl (C=O) groups excluding carboxylic acids is 1. The Morgan fingerprint density at radius 1 is 1.19 bits per heavy atom.